The summed E-state index contributed by atoms with van der Waals surface area (Å²) in [6, 6.07) is 9.21. The Morgan fingerprint density at radius 1 is 1.47 bits per heavy atom. The second-order valence-electron chi connectivity index (χ2n) is 3.57. The Labute approximate surface area is 119 Å². The summed E-state index contributed by atoms with van der Waals surface area (Å²) in [4.78, 5) is 0. The molecule has 2 aromatic rings. The van der Waals surface area contributed by atoms with Crippen molar-refractivity contribution in [2.75, 3.05) is 0 Å². The van der Waals surface area contributed by atoms with Gasteiger partial charge < -0.3 is 9.15 Å². The highest BCUT2D eigenvalue weighted by Gasteiger charge is 2.11. The standard InChI is InChI=1S/C12H10ClN3O2S/c1-8(6-14)19-12-16-15-11(18-12)7-17-10-5-3-2-4-9(10)13/h2-5,8H,7H2,1H3/t8-/m0/s1. The molecule has 0 aliphatic carbocycles. The summed E-state index contributed by atoms with van der Waals surface area (Å²) in [5.74, 6) is 0.898. The summed E-state index contributed by atoms with van der Waals surface area (Å²) >= 11 is 7.16. The summed E-state index contributed by atoms with van der Waals surface area (Å²) < 4.78 is 10.8. The van der Waals surface area contributed by atoms with Crippen LogP contribution in [0.2, 0.25) is 5.02 Å². The molecule has 1 heterocycles. The van der Waals surface area contributed by atoms with Crippen LogP contribution in [0.4, 0.5) is 0 Å². The van der Waals surface area contributed by atoms with Crippen LogP contribution in [0.25, 0.3) is 0 Å². The van der Waals surface area contributed by atoms with Crippen molar-refractivity contribution in [3.63, 3.8) is 0 Å². The molecule has 0 amide bonds. The van der Waals surface area contributed by atoms with Gasteiger partial charge in [0.1, 0.15) is 5.75 Å². The molecule has 0 spiro atoms. The molecule has 1 atom stereocenters. The van der Waals surface area contributed by atoms with Gasteiger partial charge >= 0.3 is 0 Å². The van der Waals surface area contributed by atoms with E-state index in [9.17, 15) is 0 Å². The molecule has 2 rings (SSSR count). The zero-order valence-corrected chi connectivity index (χ0v) is 11.6. The zero-order valence-electron chi connectivity index (χ0n) is 10.0. The van der Waals surface area contributed by atoms with Gasteiger partial charge in [0, 0.05) is 0 Å². The molecule has 98 valence electrons. The van der Waals surface area contributed by atoms with E-state index < -0.39 is 0 Å². The van der Waals surface area contributed by atoms with Crippen molar-refractivity contribution >= 4 is 23.4 Å². The Kier molecular flexibility index (Phi) is 4.66. The van der Waals surface area contributed by atoms with Crippen molar-refractivity contribution in [2.45, 2.75) is 24.0 Å². The van der Waals surface area contributed by atoms with E-state index in [1.54, 1.807) is 19.1 Å². The summed E-state index contributed by atoms with van der Waals surface area (Å²) in [6.45, 7) is 1.90. The zero-order chi connectivity index (χ0) is 13.7. The lowest BCUT2D eigenvalue weighted by molar-refractivity contribution is 0.252. The number of para-hydroxylation sites is 1. The number of hydrogen-bond donors (Lipinski definition) is 0. The fourth-order valence-corrected chi connectivity index (χ4v) is 2.00. The highest BCUT2D eigenvalue weighted by atomic mass is 35.5. The van der Waals surface area contributed by atoms with E-state index in [1.165, 1.54) is 11.8 Å². The maximum Gasteiger partial charge on any atom is 0.277 e. The number of aromatic nitrogens is 2. The molecule has 0 unspecified atom stereocenters. The Hall–Kier alpha value is -1.71. The second-order valence-corrected chi connectivity index (χ2v) is 5.27. The number of nitriles is 1. The van der Waals surface area contributed by atoms with Gasteiger partial charge in [-0.2, -0.15) is 5.26 Å². The molecule has 1 aromatic carbocycles. The Morgan fingerprint density at radius 2 is 2.26 bits per heavy atom. The molecule has 0 bridgehead atoms. The van der Waals surface area contributed by atoms with Crippen LogP contribution in [-0.4, -0.2) is 15.4 Å². The first-order valence-corrected chi connectivity index (χ1v) is 6.71. The number of rotatable bonds is 5. The molecule has 1 aromatic heterocycles. The fraction of sp³-hybridized carbons (Fsp3) is 0.250. The maximum atomic E-state index is 8.69. The van der Waals surface area contributed by atoms with E-state index in [2.05, 4.69) is 16.3 Å². The molecule has 5 nitrogen and oxygen atoms in total. The monoisotopic (exact) mass is 295 g/mol. The Bertz CT molecular complexity index is 597. The smallest absolute Gasteiger partial charge is 0.277 e. The van der Waals surface area contributed by atoms with Crippen molar-refractivity contribution in [3.8, 4) is 11.8 Å². The van der Waals surface area contributed by atoms with Crippen LogP contribution >= 0.6 is 23.4 Å². The molecule has 0 aliphatic heterocycles. The molecular formula is C12H10ClN3O2S. The molecule has 0 fully saturated rings. The number of thioether (sulfide) groups is 1. The predicted octanol–water partition coefficient (Wildman–Crippen LogP) is 3.31. The molecule has 0 radical (unpaired) electrons. The highest BCUT2D eigenvalue weighted by Crippen LogP contribution is 2.25. The largest absolute Gasteiger partial charge is 0.482 e. The maximum absolute atomic E-state index is 8.69. The topological polar surface area (TPSA) is 71.9 Å². The lowest BCUT2D eigenvalue weighted by atomic mass is 10.3. The minimum atomic E-state index is -0.238. The van der Waals surface area contributed by atoms with Crippen molar-refractivity contribution in [2.24, 2.45) is 0 Å². The van der Waals surface area contributed by atoms with Gasteiger partial charge in [-0.05, 0) is 30.8 Å². The van der Waals surface area contributed by atoms with Crippen LogP contribution in [0.1, 0.15) is 12.8 Å². The third-order valence-electron chi connectivity index (χ3n) is 2.10. The fourth-order valence-electron chi connectivity index (χ4n) is 1.22. The molecule has 0 saturated heterocycles. The summed E-state index contributed by atoms with van der Waals surface area (Å²) in [5.41, 5.74) is 0. The lowest BCUT2D eigenvalue weighted by Crippen LogP contribution is -1.96. The van der Waals surface area contributed by atoms with Crippen LogP contribution in [0.3, 0.4) is 0 Å². The minimum absolute atomic E-state index is 0.137. The van der Waals surface area contributed by atoms with E-state index in [-0.39, 0.29) is 11.9 Å². The van der Waals surface area contributed by atoms with Gasteiger partial charge in [-0.1, -0.05) is 23.7 Å². The second kappa shape index (κ2) is 6.45. The average molecular weight is 296 g/mol. The number of hydrogen-bond acceptors (Lipinski definition) is 6. The van der Waals surface area contributed by atoms with E-state index >= 15 is 0 Å². The quantitative estimate of drug-likeness (QED) is 0.788. The number of ether oxygens (including phenoxy) is 1. The normalized spacial score (nSPS) is 11.8. The first-order valence-electron chi connectivity index (χ1n) is 5.45. The molecule has 0 aliphatic rings. The number of nitrogens with zero attached hydrogens (tertiary/aromatic N) is 3. The Morgan fingerprint density at radius 3 is 3.00 bits per heavy atom. The van der Waals surface area contributed by atoms with E-state index in [0.29, 0.717) is 21.9 Å². The SMILES string of the molecule is C[C@@H](C#N)Sc1nnc(COc2ccccc2Cl)o1. The van der Waals surface area contributed by atoms with Gasteiger partial charge in [-0.25, -0.2) is 0 Å². The molecule has 0 saturated carbocycles. The van der Waals surface area contributed by atoms with Crippen molar-refractivity contribution in [1.82, 2.24) is 10.2 Å². The predicted molar refractivity (Wildman–Crippen MR) is 71.0 cm³/mol. The van der Waals surface area contributed by atoms with Crippen LogP contribution in [-0.2, 0) is 6.61 Å². The minimum Gasteiger partial charge on any atom is -0.482 e. The molecule has 19 heavy (non-hydrogen) atoms. The van der Waals surface area contributed by atoms with Gasteiger partial charge in [0.25, 0.3) is 11.1 Å². The van der Waals surface area contributed by atoms with Crippen LogP contribution in [0.15, 0.2) is 33.9 Å². The molecule has 7 heteroatoms. The number of benzene rings is 1. The average Bonchev–Trinajstić information content (AvgIpc) is 2.85. The summed E-state index contributed by atoms with van der Waals surface area (Å²) in [7, 11) is 0. The van der Waals surface area contributed by atoms with E-state index in [1.807, 2.05) is 12.1 Å². The lowest BCUT2D eigenvalue weighted by Gasteiger charge is -2.04. The first-order chi connectivity index (χ1) is 9.19. The number of halogens is 1. The summed E-state index contributed by atoms with van der Waals surface area (Å²) in [6.07, 6.45) is 0. The van der Waals surface area contributed by atoms with Crippen molar-refractivity contribution in [1.29, 1.82) is 5.26 Å². The third kappa shape index (κ3) is 3.88. The first kappa shape index (κ1) is 13.7. The van der Waals surface area contributed by atoms with Crippen LogP contribution in [0.5, 0.6) is 5.75 Å². The van der Waals surface area contributed by atoms with Gasteiger partial charge in [-0.15, -0.1) is 10.2 Å². The molecular weight excluding hydrogens is 286 g/mol. The van der Waals surface area contributed by atoms with E-state index in [0.717, 1.165) is 0 Å². The molecule has 0 N–H and O–H groups in total. The van der Waals surface area contributed by atoms with Crippen LogP contribution < -0.4 is 4.74 Å². The van der Waals surface area contributed by atoms with Crippen molar-refractivity contribution < 1.29 is 9.15 Å². The van der Waals surface area contributed by atoms with Gasteiger partial charge in [0.2, 0.25) is 0 Å². The van der Waals surface area contributed by atoms with Crippen molar-refractivity contribution in [3.05, 3.63) is 35.2 Å². The van der Waals surface area contributed by atoms with E-state index in [4.69, 9.17) is 26.0 Å². The highest BCUT2D eigenvalue weighted by molar-refractivity contribution is 7.99. The van der Waals surface area contributed by atoms with Gasteiger partial charge in [0.15, 0.2) is 6.61 Å². The van der Waals surface area contributed by atoms with Crippen LogP contribution in [0, 0.1) is 11.3 Å². The third-order valence-corrected chi connectivity index (χ3v) is 3.23. The van der Waals surface area contributed by atoms with Gasteiger partial charge in [-0.3, -0.25) is 0 Å². The van der Waals surface area contributed by atoms with Gasteiger partial charge in [0.05, 0.1) is 16.3 Å². The Balaban J connectivity index is 1.94. The summed E-state index contributed by atoms with van der Waals surface area (Å²) in [5, 5.41) is 17.0.